The molecular weight excluding hydrogens is 318 g/mol. The van der Waals surface area contributed by atoms with Gasteiger partial charge in [-0.3, -0.25) is 14.0 Å². The normalized spacial score (nSPS) is 10.6. The van der Waals surface area contributed by atoms with Crippen LogP contribution in [0, 0.1) is 0 Å². The molecule has 1 N–H and O–H groups in total. The first-order valence-electron chi connectivity index (χ1n) is 6.85. The Balaban J connectivity index is 1.49. The van der Waals surface area contributed by atoms with E-state index in [1.165, 1.54) is 21.8 Å². The van der Waals surface area contributed by atoms with Crippen LogP contribution in [0.1, 0.15) is 12.1 Å². The maximum absolute atomic E-state index is 11.8. The molecule has 0 radical (unpaired) electrons. The van der Waals surface area contributed by atoms with Crippen molar-refractivity contribution in [1.29, 1.82) is 0 Å². The molecule has 23 heavy (non-hydrogen) atoms. The van der Waals surface area contributed by atoms with Crippen molar-refractivity contribution >= 4 is 28.2 Å². The topological polar surface area (TPSA) is 98.5 Å². The average Bonchev–Trinajstić information content (AvgIpc) is 3.03. The summed E-state index contributed by atoms with van der Waals surface area (Å²) < 4.78 is 6.56. The van der Waals surface area contributed by atoms with Crippen molar-refractivity contribution in [3.8, 4) is 0 Å². The Morgan fingerprint density at radius 1 is 1.35 bits per heavy atom. The van der Waals surface area contributed by atoms with E-state index >= 15 is 0 Å². The van der Waals surface area contributed by atoms with E-state index < -0.39 is 0 Å². The maximum atomic E-state index is 11.8. The molecule has 0 aliphatic heterocycles. The molecule has 3 aromatic rings. The van der Waals surface area contributed by atoms with Crippen molar-refractivity contribution in [2.75, 3.05) is 11.9 Å². The van der Waals surface area contributed by atoms with Gasteiger partial charge in [0.05, 0.1) is 12.1 Å². The highest BCUT2D eigenvalue weighted by Gasteiger charge is 2.07. The highest BCUT2D eigenvalue weighted by molar-refractivity contribution is 7.15. The third-order valence-corrected chi connectivity index (χ3v) is 3.67. The molecule has 0 atom stereocenters. The molecule has 3 aromatic heterocycles. The Morgan fingerprint density at radius 2 is 2.17 bits per heavy atom. The lowest BCUT2D eigenvalue weighted by atomic mass is 10.4. The van der Waals surface area contributed by atoms with Crippen molar-refractivity contribution < 1.29 is 9.53 Å². The Labute approximate surface area is 134 Å². The number of hydrogen-bond donors (Lipinski definition) is 1. The number of anilines is 1. The number of thiazole rings is 1. The van der Waals surface area contributed by atoms with Crippen LogP contribution in [-0.4, -0.2) is 31.9 Å². The molecule has 0 aromatic carbocycles. The lowest BCUT2D eigenvalue weighted by Gasteiger charge is -2.05. The lowest BCUT2D eigenvalue weighted by molar-refractivity contribution is -0.144. The SMILES string of the molecule is O=C(CCNc1ncccn1)OCc1cc(=O)n2ccsc2n1. The second kappa shape index (κ2) is 6.97. The van der Waals surface area contributed by atoms with E-state index in [1.54, 1.807) is 30.0 Å². The minimum Gasteiger partial charge on any atom is -0.459 e. The Bertz CT molecular complexity index is 861. The second-order valence-corrected chi connectivity index (χ2v) is 5.42. The van der Waals surface area contributed by atoms with E-state index in [4.69, 9.17) is 4.74 Å². The summed E-state index contributed by atoms with van der Waals surface area (Å²) in [6.07, 6.45) is 5.04. The highest BCUT2D eigenvalue weighted by atomic mass is 32.1. The number of carbonyl (C=O) groups excluding carboxylic acids is 1. The highest BCUT2D eigenvalue weighted by Crippen LogP contribution is 2.07. The molecule has 0 unspecified atom stereocenters. The summed E-state index contributed by atoms with van der Waals surface area (Å²) in [6.45, 7) is 0.340. The summed E-state index contributed by atoms with van der Waals surface area (Å²) >= 11 is 1.35. The van der Waals surface area contributed by atoms with Crippen LogP contribution in [0.25, 0.3) is 4.96 Å². The smallest absolute Gasteiger partial charge is 0.307 e. The third kappa shape index (κ3) is 3.89. The quantitative estimate of drug-likeness (QED) is 0.675. The fourth-order valence-electron chi connectivity index (χ4n) is 1.86. The summed E-state index contributed by atoms with van der Waals surface area (Å²) in [5.74, 6) is 0.0692. The summed E-state index contributed by atoms with van der Waals surface area (Å²) in [4.78, 5) is 36.3. The van der Waals surface area contributed by atoms with Gasteiger partial charge in [-0.25, -0.2) is 15.0 Å². The minimum absolute atomic E-state index is 0.0235. The Kier molecular flexibility index (Phi) is 4.57. The van der Waals surface area contributed by atoms with Crippen LogP contribution in [0.2, 0.25) is 0 Å². The molecule has 118 valence electrons. The molecule has 0 fully saturated rings. The van der Waals surface area contributed by atoms with Gasteiger partial charge in [0.1, 0.15) is 6.61 Å². The van der Waals surface area contributed by atoms with Crippen LogP contribution in [0.3, 0.4) is 0 Å². The van der Waals surface area contributed by atoms with Crippen LogP contribution < -0.4 is 10.9 Å². The van der Waals surface area contributed by atoms with Gasteiger partial charge < -0.3 is 10.1 Å². The van der Waals surface area contributed by atoms with Gasteiger partial charge in [-0.2, -0.15) is 0 Å². The molecule has 3 heterocycles. The number of nitrogens with one attached hydrogen (secondary N) is 1. The van der Waals surface area contributed by atoms with E-state index in [9.17, 15) is 9.59 Å². The van der Waals surface area contributed by atoms with E-state index in [1.807, 2.05) is 0 Å². The number of rotatable bonds is 6. The largest absolute Gasteiger partial charge is 0.459 e. The zero-order valence-electron chi connectivity index (χ0n) is 12.0. The van der Waals surface area contributed by atoms with Crippen LogP contribution >= 0.6 is 11.3 Å². The summed E-state index contributed by atoms with van der Waals surface area (Å²) in [7, 11) is 0. The van der Waals surface area contributed by atoms with Crippen molar-refractivity contribution in [1.82, 2.24) is 19.4 Å². The van der Waals surface area contributed by atoms with E-state index in [0.29, 0.717) is 23.1 Å². The van der Waals surface area contributed by atoms with Gasteiger partial charge in [0.2, 0.25) is 5.95 Å². The standard InChI is InChI=1S/C14H13N5O3S/c20-11-8-10(18-14-19(11)6-7-23-14)9-22-12(21)2-5-17-13-15-3-1-4-16-13/h1,3-4,6-8H,2,5,9H2,(H,15,16,17). The second-order valence-electron chi connectivity index (χ2n) is 4.55. The van der Waals surface area contributed by atoms with Crippen molar-refractivity contribution in [2.45, 2.75) is 13.0 Å². The number of carbonyl (C=O) groups is 1. The number of ether oxygens (including phenoxy) is 1. The zero-order chi connectivity index (χ0) is 16.1. The van der Waals surface area contributed by atoms with Crippen LogP contribution in [0.4, 0.5) is 5.95 Å². The van der Waals surface area contributed by atoms with E-state index in [-0.39, 0.29) is 24.6 Å². The van der Waals surface area contributed by atoms with Crippen molar-refractivity contribution in [3.63, 3.8) is 0 Å². The summed E-state index contributed by atoms with van der Waals surface area (Å²) in [5.41, 5.74) is 0.246. The van der Waals surface area contributed by atoms with E-state index in [0.717, 1.165) is 0 Å². The fourth-order valence-corrected chi connectivity index (χ4v) is 2.59. The Morgan fingerprint density at radius 3 is 3.00 bits per heavy atom. The molecule has 0 bridgehead atoms. The third-order valence-electron chi connectivity index (χ3n) is 2.92. The molecule has 0 saturated carbocycles. The minimum atomic E-state index is -0.387. The monoisotopic (exact) mass is 331 g/mol. The van der Waals surface area contributed by atoms with Crippen LogP contribution in [0.15, 0.2) is 40.9 Å². The summed E-state index contributed by atoms with van der Waals surface area (Å²) in [5, 5.41) is 4.69. The molecular formula is C14H13N5O3S. The zero-order valence-corrected chi connectivity index (χ0v) is 12.8. The van der Waals surface area contributed by atoms with Crippen LogP contribution in [-0.2, 0) is 16.1 Å². The van der Waals surface area contributed by atoms with Gasteiger partial charge in [-0.15, -0.1) is 11.3 Å². The van der Waals surface area contributed by atoms with E-state index in [2.05, 4.69) is 20.3 Å². The molecule has 0 aliphatic rings. The fraction of sp³-hybridized carbons (Fsp3) is 0.214. The number of esters is 1. The van der Waals surface area contributed by atoms with Gasteiger partial charge in [0, 0.05) is 36.6 Å². The van der Waals surface area contributed by atoms with Gasteiger partial charge in [-0.05, 0) is 6.07 Å². The predicted octanol–water partition coefficient (Wildman–Crippen LogP) is 1.09. The first kappa shape index (κ1) is 15.1. The lowest BCUT2D eigenvalue weighted by Crippen LogP contribution is -2.16. The van der Waals surface area contributed by atoms with Gasteiger partial charge >= 0.3 is 5.97 Å². The number of hydrogen-bond acceptors (Lipinski definition) is 8. The molecule has 9 heteroatoms. The molecule has 3 rings (SSSR count). The molecule has 0 spiro atoms. The van der Waals surface area contributed by atoms with Gasteiger partial charge in [0.15, 0.2) is 4.96 Å². The Hall–Kier alpha value is -2.81. The first-order chi connectivity index (χ1) is 11.2. The van der Waals surface area contributed by atoms with Gasteiger partial charge in [-0.1, -0.05) is 0 Å². The molecule has 0 amide bonds. The average molecular weight is 331 g/mol. The number of fused-ring (bicyclic) bond motifs is 1. The predicted molar refractivity (Wildman–Crippen MR) is 84.3 cm³/mol. The van der Waals surface area contributed by atoms with Crippen molar-refractivity contribution in [3.05, 3.63) is 52.2 Å². The molecule has 8 nitrogen and oxygen atoms in total. The van der Waals surface area contributed by atoms with Crippen molar-refractivity contribution in [2.24, 2.45) is 0 Å². The molecule has 0 saturated heterocycles. The first-order valence-corrected chi connectivity index (χ1v) is 7.72. The van der Waals surface area contributed by atoms with Crippen LogP contribution in [0.5, 0.6) is 0 Å². The van der Waals surface area contributed by atoms with Gasteiger partial charge in [0.25, 0.3) is 5.56 Å². The number of aromatic nitrogens is 4. The number of nitrogens with zero attached hydrogens (tertiary/aromatic N) is 4. The molecule has 0 aliphatic carbocycles. The maximum Gasteiger partial charge on any atom is 0.307 e. The summed E-state index contributed by atoms with van der Waals surface area (Å²) in [6, 6.07) is 3.07.